The fourth-order valence-electron chi connectivity index (χ4n) is 3.28. The SMILES string of the molecule is CCCCn1c(C)c(C(=O)OC)c2cc(O)c3ccccc3c21. The van der Waals surface area contributed by atoms with Gasteiger partial charge in [-0.25, -0.2) is 4.79 Å². The highest BCUT2D eigenvalue weighted by Gasteiger charge is 2.23. The lowest BCUT2D eigenvalue weighted by Crippen LogP contribution is -2.05. The molecule has 2 aromatic carbocycles. The highest BCUT2D eigenvalue weighted by Crippen LogP contribution is 2.37. The first kappa shape index (κ1) is 15.4. The summed E-state index contributed by atoms with van der Waals surface area (Å²) in [4.78, 5) is 12.3. The smallest absolute Gasteiger partial charge is 0.340 e. The van der Waals surface area contributed by atoms with Crippen LogP contribution in [-0.2, 0) is 11.3 Å². The summed E-state index contributed by atoms with van der Waals surface area (Å²) in [6.45, 7) is 4.92. The predicted octanol–water partition coefficient (Wildman–Crippen LogP) is 4.40. The first-order chi connectivity index (χ1) is 11.1. The maximum atomic E-state index is 12.3. The maximum Gasteiger partial charge on any atom is 0.340 e. The van der Waals surface area contributed by atoms with E-state index in [2.05, 4.69) is 11.5 Å². The first-order valence-electron chi connectivity index (χ1n) is 7.92. The molecule has 0 aliphatic rings. The molecule has 4 heteroatoms. The third-order valence-corrected chi connectivity index (χ3v) is 4.43. The van der Waals surface area contributed by atoms with E-state index in [-0.39, 0.29) is 11.7 Å². The van der Waals surface area contributed by atoms with Crippen molar-refractivity contribution in [2.75, 3.05) is 7.11 Å². The van der Waals surface area contributed by atoms with Gasteiger partial charge in [0.2, 0.25) is 0 Å². The summed E-state index contributed by atoms with van der Waals surface area (Å²) in [6, 6.07) is 9.42. The summed E-state index contributed by atoms with van der Waals surface area (Å²) in [6.07, 6.45) is 2.10. The van der Waals surface area contributed by atoms with Gasteiger partial charge in [0.05, 0.1) is 18.2 Å². The van der Waals surface area contributed by atoms with Crippen molar-refractivity contribution in [1.29, 1.82) is 0 Å². The largest absolute Gasteiger partial charge is 0.507 e. The molecule has 4 nitrogen and oxygen atoms in total. The van der Waals surface area contributed by atoms with Gasteiger partial charge in [0.15, 0.2) is 0 Å². The molecule has 0 aliphatic carbocycles. The van der Waals surface area contributed by atoms with Crippen LogP contribution in [0.5, 0.6) is 5.75 Å². The van der Waals surface area contributed by atoms with Gasteiger partial charge in [-0.2, -0.15) is 0 Å². The quantitative estimate of drug-likeness (QED) is 0.727. The summed E-state index contributed by atoms with van der Waals surface area (Å²) in [5, 5.41) is 12.9. The number of ether oxygens (including phenoxy) is 1. The predicted molar refractivity (Wildman–Crippen MR) is 92.1 cm³/mol. The molecule has 1 aromatic heterocycles. The van der Waals surface area contributed by atoms with Crippen LogP contribution in [0.4, 0.5) is 0 Å². The molecule has 0 atom stereocenters. The summed E-state index contributed by atoms with van der Waals surface area (Å²) in [5.74, 6) is -0.177. The normalized spacial score (nSPS) is 11.3. The minimum absolute atomic E-state index is 0.186. The van der Waals surface area contributed by atoms with Crippen LogP contribution >= 0.6 is 0 Å². The average Bonchev–Trinajstić information content (AvgIpc) is 2.84. The molecular weight excluding hydrogens is 290 g/mol. The Morgan fingerprint density at radius 2 is 1.91 bits per heavy atom. The van der Waals surface area contributed by atoms with Crippen molar-refractivity contribution in [3.63, 3.8) is 0 Å². The van der Waals surface area contributed by atoms with Gasteiger partial charge in [0.1, 0.15) is 5.75 Å². The molecule has 0 saturated heterocycles. The number of methoxy groups -OCH3 is 1. The monoisotopic (exact) mass is 311 g/mol. The number of esters is 1. The van der Waals surface area contributed by atoms with Crippen molar-refractivity contribution in [2.24, 2.45) is 0 Å². The molecule has 0 amide bonds. The number of hydrogen-bond donors (Lipinski definition) is 1. The number of fused-ring (bicyclic) bond motifs is 3. The number of unbranched alkanes of at least 4 members (excludes halogenated alkanes) is 1. The van der Waals surface area contributed by atoms with E-state index >= 15 is 0 Å². The average molecular weight is 311 g/mol. The van der Waals surface area contributed by atoms with E-state index in [1.807, 2.05) is 31.2 Å². The molecule has 3 rings (SSSR count). The molecule has 120 valence electrons. The zero-order chi connectivity index (χ0) is 16.6. The Morgan fingerprint density at radius 1 is 1.22 bits per heavy atom. The number of nitrogens with zero attached hydrogens (tertiary/aromatic N) is 1. The number of benzene rings is 2. The van der Waals surface area contributed by atoms with Gasteiger partial charge in [-0.3, -0.25) is 0 Å². The summed E-state index contributed by atoms with van der Waals surface area (Å²) >= 11 is 0. The highest BCUT2D eigenvalue weighted by molar-refractivity contribution is 6.16. The zero-order valence-corrected chi connectivity index (χ0v) is 13.7. The number of phenolic OH excluding ortho intramolecular Hbond substituents is 1. The second kappa shape index (κ2) is 5.95. The van der Waals surface area contributed by atoms with Crippen molar-refractivity contribution in [1.82, 2.24) is 4.57 Å². The lowest BCUT2D eigenvalue weighted by atomic mass is 10.0. The third kappa shape index (κ3) is 2.34. The van der Waals surface area contributed by atoms with Gasteiger partial charge in [0, 0.05) is 28.4 Å². The van der Waals surface area contributed by atoms with Crippen molar-refractivity contribution in [3.05, 3.63) is 41.6 Å². The fourth-order valence-corrected chi connectivity index (χ4v) is 3.28. The molecule has 1 N–H and O–H groups in total. The summed E-state index contributed by atoms with van der Waals surface area (Å²) in [5.41, 5.74) is 2.42. The van der Waals surface area contributed by atoms with Gasteiger partial charge < -0.3 is 14.4 Å². The van der Waals surface area contributed by atoms with Crippen LogP contribution in [0.2, 0.25) is 0 Å². The Labute approximate surface area is 135 Å². The molecule has 0 aliphatic heterocycles. The van der Waals surface area contributed by atoms with Crippen LogP contribution in [-0.4, -0.2) is 22.8 Å². The Bertz CT molecular complexity index is 893. The first-order valence-corrected chi connectivity index (χ1v) is 7.92. The summed E-state index contributed by atoms with van der Waals surface area (Å²) in [7, 11) is 1.39. The number of rotatable bonds is 4. The van der Waals surface area contributed by atoms with Crippen molar-refractivity contribution >= 4 is 27.6 Å². The molecule has 0 bridgehead atoms. The van der Waals surface area contributed by atoms with Gasteiger partial charge >= 0.3 is 5.97 Å². The number of carbonyl (C=O) groups is 1. The van der Waals surface area contributed by atoms with Crippen LogP contribution < -0.4 is 0 Å². The van der Waals surface area contributed by atoms with E-state index in [0.29, 0.717) is 5.56 Å². The highest BCUT2D eigenvalue weighted by atomic mass is 16.5. The van der Waals surface area contributed by atoms with Gasteiger partial charge in [0.25, 0.3) is 0 Å². The van der Waals surface area contributed by atoms with Crippen LogP contribution in [0.1, 0.15) is 35.8 Å². The molecule has 0 fully saturated rings. The van der Waals surface area contributed by atoms with Crippen molar-refractivity contribution < 1.29 is 14.6 Å². The van der Waals surface area contributed by atoms with E-state index in [1.165, 1.54) is 7.11 Å². The third-order valence-electron chi connectivity index (χ3n) is 4.43. The van der Waals surface area contributed by atoms with E-state index in [1.54, 1.807) is 6.07 Å². The zero-order valence-electron chi connectivity index (χ0n) is 13.7. The van der Waals surface area contributed by atoms with E-state index < -0.39 is 0 Å². The number of aromatic nitrogens is 1. The number of carbonyl (C=O) groups excluding carboxylic acids is 1. The topological polar surface area (TPSA) is 51.5 Å². The van der Waals surface area contributed by atoms with Crippen molar-refractivity contribution in [2.45, 2.75) is 33.2 Å². The van der Waals surface area contributed by atoms with E-state index in [0.717, 1.165) is 46.8 Å². The molecular formula is C19H21NO3. The van der Waals surface area contributed by atoms with Gasteiger partial charge in [-0.05, 0) is 19.4 Å². The molecule has 23 heavy (non-hydrogen) atoms. The van der Waals surface area contributed by atoms with Crippen LogP contribution in [0, 0.1) is 6.92 Å². The van der Waals surface area contributed by atoms with Crippen LogP contribution in [0.3, 0.4) is 0 Å². The second-order valence-electron chi connectivity index (χ2n) is 5.79. The molecule has 0 saturated carbocycles. The molecule has 1 heterocycles. The number of aryl methyl sites for hydroxylation is 1. The molecule has 0 unspecified atom stereocenters. The number of hydrogen-bond acceptors (Lipinski definition) is 3. The van der Waals surface area contributed by atoms with Crippen LogP contribution in [0.25, 0.3) is 21.7 Å². The Kier molecular flexibility index (Phi) is 3.99. The Morgan fingerprint density at radius 3 is 2.57 bits per heavy atom. The standard InChI is InChI=1S/C19H21NO3/c1-4-5-10-20-12(2)17(19(22)23-3)15-11-16(21)13-8-6-7-9-14(13)18(15)20/h6-9,11,21H,4-5,10H2,1-3H3. The van der Waals surface area contributed by atoms with Gasteiger partial charge in [-0.1, -0.05) is 37.6 Å². The molecule has 3 aromatic rings. The van der Waals surface area contributed by atoms with Crippen LogP contribution in [0.15, 0.2) is 30.3 Å². The fraction of sp³-hybridized carbons (Fsp3) is 0.316. The Hall–Kier alpha value is -2.49. The number of aromatic hydroxyl groups is 1. The molecule has 0 radical (unpaired) electrons. The summed E-state index contributed by atoms with van der Waals surface area (Å²) < 4.78 is 7.13. The maximum absolute atomic E-state index is 12.3. The minimum Gasteiger partial charge on any atom is -0.507 e. The van der Waals surface area contributed by atoms with Gasteiger partial charge in [-0.15, -0.1) is 0 Å². The van der Waals surface area contributed by atoms with Crippen molar-refractivity contribution in [3.8, 4) is 5.75 Å². The molecule has 0 spiro atoms. The minimum atomic E-state index is -0.363. The lowest BCUT2D eigenvalue weighted by molar-refractivity contribution is 0.0602. The lowest BCUT2D eigenvalue weighted by Gasteiger charge is -2.10. The number of phenols is 1. The second-order valence-corrected chi connectivity index (χ2v) is 5.79. The Balaban J connectivity index is 2.46. The van der Waals surface area contributed by atoms with E-state index in [4.69, 9.17) is 4.74 Å². The van der Waals surface area contributed by atoms with E-state index in [9.17, 15) is 9.90 Å².